The Bertz CT molecular complexity index is 509. The van der Waals surface area contributed by atoms with E-state index in [2.05, 4.69) is 26.6 Å². The number of aryl methyl sites for hydroxylation is 1. The molecule has 4 heteroatoms. The van der Waals surface area contributed by atoms with Crippen molar-refractivity contribution in [1.82, 2.24) is 5.32 Å². The molecule has 1 aliphatic carbocycles. The molecule has 2 N–H and O–H groups in total. The van der Waals surface area contributed by atoms with Gasteiger partial charge >= 0.3 is 0 Å². The van der Waals surface area contributed by atoms with E-state index in [0.717, 1.165) is 48.1 Å². The predicted molar refractivity (Wildman–Crippen MR) is 80.2 cm³/mol. The Hall–Kier alpha value is -0.870. The lowest BCUT2D eigenvalue weighted by Gasteiger charge is -2.23. The summed E-state index contributed by atoms with van der Waals surface area (Å²) >= 11 is 3.45. The summed E-state index contributed by atoms with van der Waals surface area (Å²) in [7, 11) is 0. The van der Waals surface area contributed by atoms with E-state index in [4.69, 9.17) is 0 Å². The summed E-state index contributed by atoms with van der Waals surface area (Å²) in [5, 5.41) is 6.46. The van der Waals surface area contributed by atoms with E-state index in [0.29, 0.717) is 5.41 Å². The first-order valence-corrected chi connectivity index (χ1v) is 7.68. The Morgan fingerprint density at radius 3 is 2.89 bits per heavy atom. The Balaban J connectivity index is 1.68. The van der Waals surface area contributed by atoms with Crippen molar-refractivity contribution in [3.63, 3.8) is 0 Å². The van der Waals surface area contributed by atoms with E-state index in [-0.39, 0.29) is 11.8 Å². The van der Waals surface area contributed by atoms with Crippen LogP contribution in [0.2, 0.25) is 0 Å². The summed E-state index contributed by atoms with van der Waals surface area (Å²) in [5.74, 6) is 0.413. The SMILES string of the molecule is Cc1ccc(Br)cc1NC(=O)C1CC12CCNCC2. The number of rotatable bonds is 2. The van der Waals surface area contributed by atoms with Crippen molar-refractivity contribution in [2.24, 2.45) is 11.3 Å². The monoisotopic (exact) mass is 322 g/mol. The van der Waals surface area contributed by atoms with Gasteiger partial charge in [0.2, 0.25) is 5.91 Å². The maximum absolute atomic E-state index is 12.4. The number of amides is 1. The third-order valence-corrected chi connectivity index (χ3v) is 5.06. The molecule has 2 fully saturated rings. The van der Waals surface area contributed by atoms with Gasteiger partial charge in [-0.2, -0.15) is 0 Å². The maximum Gasteiger partial charge on any atom is 0.228 e. The van der Waals surface area contributed by atoms with Crippen LogP contribution in [0.4, 0.5) is 5.69 Å². The molecule has 1 amide bonds. The van der Waals surface area contributed by atoms with Gasteiger partial charge in [0.25, 0.3) is 0 Å². The molecule has 1 aliphatic heterocycles. The van der Waals surface area contributed by atoms with Crippen LogP contribution in [0.25, 0.3) is 0 Å². The van der Waals surface area contributed by atoms with E-state index < -0.39 is 0 Å². The lowest BCUT2D eigenvalue weighted by atomic mass is 9.91. The van der Waals surface area contributed by atoms with Gasteiger partial charge in [-0.15, -0.1) is 0 Å². The zero-order valence-corrected chi connectivity index (χ0v) is 12.7. The first-order chi connectivity index (χ1) is 9.11. The fraction of sp³-hybridized carbons (Fsp3) is 0.533. The molecule has 1 aromatic carbocycles. The van der Waals surface area contributed by atoms with Crippen LogP contribution < -0.4 is 10.6 Å². The summed E-state index contributed by atoms with van der Waals surface area (Å²) < 4.78 is 1.00. The van der Waals surface area contributed by atoms with E-state index in [9.17, 15) is 4.79 Å². The first kappa shape index (κ1) is 13.1. The number of nitrogens with one attached hydrogen (secondary N) is 2. The second kappa shape index (κ2) is 4.91. The highest BCUT2D eigenvalue weighted by molar-refractivity contribution is 9.10. The third-order valence-electron chi connectivity index (χ3n) is 4.56. The predicted octanol–water partition coefficient (Wildman–Crippen LogP) is 3.09. The second-order valence-corrected chi connectivity index (χ2v) is 6.73. The smallest absolute Gasteiger partial charge is 0.228 e. The minimum Gasteiger partial charge on any atom is -0.326 e. The molecular formula is C15H19BrN2O. The molecular weight excluding hydrogens is 304 g/mol. The van der Waals surface area contributed by atoms with E-state index in [1.165, 1.54) is 0 Å². The van der Waals surface area contributed by atoms with Crippen molar-refractivity contribution in [2.75, 3.05) is 18.4 Å². The van der Waals surface area contributed by atoms with Crippen LogP contribution >= 0.6 is 15.9 Å². The van der Waals surface area contributed by atoms with Gasteiger partial charge in [-0.3, -0.25) is 4.79 Å². The summed E-state index contributed by atoms with van der Waals surface area (Å²) in [6.07, 6.45) is 3.35. The van der Waals surface area contributed by atoms with Crippen molar-refractivity contribution in [3.05, 3.63) is 28.2 Å². The number of piperidine rings is 1. The number of hydrogen-bond donors (Lipinski definition) is 2. The van der Waals surface area contributed by atoms with Gasteiger partial charge in [0.15, 0.2) is 0 Å². The molecule has 0 aromatic heterocycles. The number of benzene rings is 1. The van der Waals surface area contributed by atoms with Gasteiger partial charge in [-0.25, -0.2) is 0 Å². The van der Waals surface area contributed by atoms with E-state index >= 15 is 0 Å². The van der Waals surface area contributed by atoms with Gasteiger partial charge in [0.05, 0.1) is 0 Å². The van der Waals surface area contributed by atoms with Crippen LogP contribution in [-0.2, 0) is 4.79 Å². The lowest BCUT2D eigenvalue weighted by Crippen LogP contribution is -2.31. The fourth-order valence-electron chi connectivity index (χ4n) is 3.14. The quantitative estimate of drug-likeness (QED) is 0.878. The zero-order valence-electron chi connectivity index (χ0n) is 11.1. The van der Waals surface area contributed by atoms with Crippen LogP contribution in [0.1, 0.15) is 24.8 Å². The second-order valence-electron chi connectivity index (χ2n) is 5.82. The molecule has 0 bridgehead atoms. The molecule has 0 radical (unpaired) electrons. The van der Waals surface area contributed by atoms with Crippen LogP contribution in [0.5, 0.6) is 0 Å². The van der Waals surface area contributed by atoms with Gasteiger partial charge in [-0.1, -0.05) is 22.0 Å². The third kappa shape index (κ3) is 2.56. The first-order valence-electron chi connectivity index (χ1n) is 6.88. The summed E-state index contributed by atoms with van der Waals surface area (Å²) in [5.41, 5.74) is 2.34. The molecule has 1 saturated heterocycles. The molecule has 1 atom stereocenters. The number of carbonyl (C=O) groups excluding carboxylic acids is 1. The van der Waals surface area contributed by atoms with Gasteiger partial charge in [0, 0.05) is 16.1 Å². The minimum absolute atomic E-state index is 0.197. The van der Waals surface area contributed by atoms with Crippen LogP contribution in [-0.4, -0.2) is 19.0 Å². The van der Waals surface area contributed by atoms with Gasteiger partial charge in [0.1, 0.15) is 0 Å². The molecule has 1 aromatic rings. The Labute approximate surface area is 122 Å². The Morgan fingerprint density at radius 2 is 2.16 bits per heavy atom. The van der Waals surface area contributed by atoms with Crippen LogP contribution in [0, 0.1) is 18.3 Å². The molecule has 3 nitrogen and oxygen atoms in total. The molecule has 1 saturated carbocycles. The highest BCUT2D eigenvalue weighted by Gasteiger charge is 2.57. The Morgan fingerprint density at radius 1 is 1.42 bits per heavy atom. The number of carbonyl (C=O) groups is 1. The maximum atomic E-state index is 12.4. The molecule has 1 heterocycles. The summed E-state index contributed by atoms with van der Waals surface area (Å²) in [4.78, 5) is 12.4. The molecule has 102 valence electrons. The van der Waals surface area contributed by atoms with Crippen molar-refractivity contribution in [1.29, 1.82) is 0 Å². The largest absolute Gasteiger partial charge is 0.326 e. The highest BCUT2D eigenvalue weighted by atomic mass is 79.9. The zero-order chi connectivity index (χ0) is 13.5. The molecule has 1 spiro atoms. The highest BCUT2D eigenvalue weighted by Crippen LogP contribution is 2.58. The average molecular weight is 323 g/mol. The minimum atomic E-state index is 0.197. The van der Waals surface area contributed by atoms with Crippen molar-refractivity contribution in [2.45, 2.75) is 26.2 Å². The van der Waals surface area contributed by atoms with Crippen LogP contribution in [0.15, 0.2) is 22.7 Å². The number of hydrogen-bond acceptors (Lipinski definition) is 2. The standard InChI is InChI=1S/C15H19BrN2O/c1-10-2-3-11(16)8-13(10)18-14(19)12-9-15(12)4-6-17-7-5-15/h2-3,8,12,17H,4-7,9H2,1H3,(H,18,19). The van der Waals surface area contributed by atoms with Crippen molar-refractivity contribution >= 4 is 27.5 Å². The summed E-state index contributed by atoms with van der Waals surface area (Å²) in [6, 6.07) is 5.99. The number of anilines is 1. The van der Waals surface area contributed by atoms with Gasteiger partial charge < -0.3 is 10.6 Å². The number of halogens is 1. The molecule has 19 heavy (non-hydrogen) atoms. The Kier molecular flexibility index (Phi) is 3.39. The van der Waals surface area contributed by atoms with E-state index in [1.807, 2.05) is 25.1 Å². The van der Waals surface area contributed by atoms with Crippen LogP contribution in [0.3, 0.4) is 0 Å². The lowest BCUT2D eigenvalue weighted by molar-refractivity contribution is -0.118. The average Bonchev–Trinajstić information content (AvgIpc) is 3.08. The van der Waals surface area contributed by atoms with Gasteiger partial charge in [-0.05, 0) is 62.4 Å². The van der Waals surface area contributed by atoms with E-state index in [1.54, 1.807) is 0 Å². The molecule has 1 unspecified atom stereocenters. The molecule has 2 aliphatic rings. The normalized spacial score (nSPS) is 24.2. The topological polar surface area (TPSA) is 41.1 Å². The van der Waals surface area contributed by atoms with Crippen molar-refractivity contribution < 1.29 is 4.79 Å². The molecule has 3 rings (SSSR count). The summed E-state index contributed by atoms with van der Waals surface area (Å²) in [6.45, 7) is 4.13. The van der Waals surface area contributed by atoms with Crippen molar-refractivity contribution in [3.8, 4) is 0 Å². The fourth-order valence-corrected chi connectivity index (χ4v) is 3.51.